The summed E-state index contributed by atoms with van der Waals surface area (Å²) >= 11 is 0. The summed E-state index contributed by atoms with van der Waals surface area (Å²) in [7, 11) is 0. The Morgan fingerprint density at radius 1 is 0.234 bits per heavy atom. The van der Waals surface area contributed by atoms with Crippen LogP contribution in [0, 0.1) is 71.1 Å². The van der Waals surface area contributed by atoms with E-state index in [9.17, 15) is 36.9 Å². The lowest BCUT2D eigenvalue weighted by Crippen LogP contribution is -2.14. The van der Waals surface area contributed by atoms with Crippen molar-refractivity contribution in [2.75, 3.05) is 0 Å². The second-order valence-electron chi connectivity index (χ2n) is 33.7. The van der Waals surface area contributed by atoms with E-state index in [-0.39, 0.29) is 63.6 Å². The number of aromatic nitrogens is 4. The Bertz CT molecular complexity index is 8160. The van der Waals surface area contributed by atoms with E-state index in [4.69, 9.17) is 0 Å². The first kappa shape index (κ1) is 81.2. The number of nitriles is 2. The van der Waals surface area contributed by atoms with Gasteiger partial charge < -0.3 is 18.3 Å². The molecule has 4 aromatic heterocycles. The minimum atomic E-state index is -5.36. The van der Waals surface area contributed by atoms with E-state index in [1.807, 2.05) is 230 Å². The summed E-state index contributed by atoms with van der Waals surface area (Å²) in [4.78, 5) is 0. The molecule has 0 saturated heterocycles. The molecule has 0 bridgehead atoms. The summed E-state index contributed by atoms with van der Waals surface area (Å²) in [5, 5.41) is 28.2. The SMILES string of the molecule is Cc1cc(C)cc(-c2ccc3c(c2)c2ccccc2n3-c2cc(C#N)cc(-n3c4ccc(Cc5cc(C)cc(-c6ccc7c8ccccc8n(-c8cc(C#N)cc(-n9c%10ccccc%10c%10ccc(-c%11cc(C)cc(C)c%11)cc%109)c8-c8ccc(C(F)(F)F)cc8C(F)(F)F)c7c6)c5)cc4c4cc(-c5cc(C)cc(C)c5)ccc43)c2-c2ccc(C(F)(F)F)cc2C(F)(F)F)c1. The van der Waals surface area contributed by atoms with Gasteiger partial charge in [0.1, 0.15) is 0 Å². The molecule has 0 saturated carbocycles. The number of halogens is 12. The fourth-order valence-electron chi connectivity index (χ4n) is 19.6. The maximum atomic E-state index is 16.3. The average molecular weight is 1710 g/mol. The van der Waals surface area contributed by atoms with E-state index in [2.05, 4.69) is 48.5 Å². The van der Waals surface area contributed by atoms with Gasteiger partial charge >= 0.3 is 24.7 Å². The van der Waals surface area contributed by atoms with Crippen molar-refractivity contribution >= 4 is 87.2 Å². The largest absolute Gasteiger partial charge is 0.417 e. The topological polar surface area (TPSA) is 67.3 Å². The van der Waals surface area contributed by atoms with Crippen molar-refractivity contribution in [1.82, 2.24) is 18.3 Å². The van der Waals surface area contributed by atoms with Gasteiger partial charge in [0.05, 0.1) is 112 Å². The summed E-state index contributed by atoms with van der Waals surface area (Å²) in [6.07, 6.45) is -20.8. The monoisotopic (exact) mass is 1700 g/mol. The molecule has 20 rings (SSSR count). The Morgan fingerprint density at radius 2 is 0.531 bits per heavy atom. The first-order chi connectivity index (χ1) is 61.2. The Morgan fingerprint density at radius 3 is 0.898 bits per heavy atom. The Balaban J connectivity index is 0.788. The Kier molecular flexibility index (Phi) is 19.1. The average Bonchev–Trinajstić information content (AvgIpc) is 1.53. The van der Waals surface area contributed by atoms with Gasteiger partial charge in [0.15, 0.2) is 0 Å². The Hall–Kier alpha value is -15.1. The molecule has 0 amide bonds. The molecule has 0 radical (unpaired) electrons. The maximum absolute atomic E-state index is 16.3. The molecule has 6 nitrogen and oxygen atoms in total. The lowest BCUT2D eigenvalue weighted by molar-refractivity contribution is -0.144. The van der Waals surface area contributed by atoms with Crippen molar-refractivity contribution in [2.45, 2.75) is 79.6 Å². The van der Waals surface area contributed by atoms with E-state index in [1.165, 1.54) is 24.3 Å². The number of hydrogen-bond acceptors (Lipinski definition) is 2. The summed E-state index contributed by atoms with van der Waals surface area (Å²) in [6.45, 7) is 13.9. The van der Waals surface area contributed by atoms with Crippen LogP contribution in [-0.2, 0) is 31.1 Å². The fourth-order valence-corrected chi connectivity index (χ4v) is 19.6. The van der Waals surface area contributed by atoms with Crippen LogP contribution in [0.15, 0.2) is 297 Å². The quantitative estimate of drug-likeness (QED) is 0.114. The molecule has 0 fully saturated rings. The zero-order valence-corrected chi connectivity index (χ0v) is 69.7. The number of rotatable bonds is 12. The first-order valence-corrected chi connectivity index (χ1v) is 41.5. The van der Waals surface area contributed by atoms with Crippen molar-refractivity contribution in [3.05, 3.63) is 381 Å². The van der Waals surface area contributed by atoms with Crippen LogP contribution < -0.4 is 0 Å². The molecular weight excluding hydrogens is 1630 g/mol. The van der Waals surface area contributed by atoms with Crippen LogP contribution in [0.5, 0.6) is 0 Å². The highest BCUT2D eigenvalue weighted by atomic mass is 19.4. The second kappa shape index (κ2) is 30.1. The Labute approximate surface area is 726 Å². The van der Waals surface area contributed by atoms with Crippen LogP contribution >= 0.6 is 0 Å². The molecule has 0 atom stereocenters. The molecule has 16 aromatic carbocycles. The second-order valence-corrected chi connectivity index (χ2v) is 33.7. The predicted octanol–water partition coefficient (Wildman–Crippen LogP) is 31.6. The predicted molar refractivity (Wildman–Crippen MR) is 488 cm³/mol. The van der Waals surface area contributed by atoms with Crippen molar-refractivity contribution in [3.8, 4) is 102 Å². The third-order valence-electron chi connectivity index (χ3n) is 24.7. The number of benzene rings is 16. The molecule has 18 heteroatoms. The number of fused-ring (bicyclic) bond motifs is 12. The van der Waals surface area contributed by atoms with Gasteiger partial charge in [-0.25, -0.2) is 0 Å². The number of nitrogens with zero attached hydrogens (tertiary/aromatic N) is 6. The van der Waals surface area contributed by atoms with Gasteiger partial charge in [-0.2, -0.15) is 63.2 Å². The lowest BCUT2D eigenvalue weighted by atomic mass is 9.92. The van der Waals surface area contributed by atoms with Gasteiger partial charge in [-0.1, -0.05) is 221 Å². The summed E-state index contributed by atoms with van der Waals surface area (Å²) in [5.74, 6) is 0. The fraction of sp³-hybridized carbons (Fsp3) is 0.109. The minimum absolute atomic E-state index is 0.0361. The molecule has 0 unspecified atom stereocenters. The van der Waals surface area contributed by atoms with Crippen LogP contribution in [0.2, 0.25) is 0 Å². The minimum Gasteiger partial charge on any atom is -0.308 e. The van der Waals surface area contributed by atoms with E-state index < -0.39 is 58.1 Å². The third kappa shape index (κ3) is 14.0. The zero-order chi connectivity index (χ0) is 89.2. The van der Waals surface area contributed by atoms with Crippen LogP contribution in [0.25, 0.3) is 177 Å². The van der Waals surface area contributed by atoms with Crippen LogP contribution in [-0.4, -0.2) is 18.3 Å². The number of alkyl halides is 12. The van der Waals surface area contributed by atoms with E-state index in [0.29, 0.717) is 83.4 Å². The molecule has 0 aliphatic heterocycles. The smallest absolute Gasteiger partial charge is 0.308 e. The molecule has 128 heavy (non-hydrogen) atoms. The third-order valence-corrected chi connectivity index (χ3v) is 24.7. The molecule has 0 spiro atoms. The van der Waals surface area contributed by atoms with Gasteiger partial charge in [0.25, 0.3) is 0 Å². The molecule has 4 heterocycles. The molecule has 20 aromatic rings. The van der Waals surface area contributed by atoms with Gasteiger partial charge in [-0.05, 0) is 237 Å². The number of aryl methyl sites for hydroxylation is 7. The summed E-state index contributed by atoms with van der Waals surface area (Å²) in [6, 6.07) is 89.6. The highest BCUT2D eigenvalue weighted by Crippen LogP contribution is 2.53. The van der Waals surface area contributed by atoms with Gasteiger partial charge in [-0.3, -0.25) is 0 Å². The lowest BCUT2D eigenvalue weighted by Gasteiger charge is -2.24. The molecule has 0 N–H and O–H groups in total. The van der Waals surface area contributed by atoms with Gasteiger partial charge in [0.2, 0.25) is 0 Å². The van der Waals surface area contributed by atoms with E-state index >= 15 is 26.3 Å². The molecule has 626 valence electrons. The normalized spacial score (nSPS) is 12.4. The van der Waals surface area contributed by atoms with Crippen molar-refractivity contribution in [1.29, 1.82) is 10.5 Å². The van der Waals surface area contributed by atoms with Gasteiger partial charge in [-0.15, -0.1) is 0 Å². The standard InChI is InChI=1S/C110H72F12N6/c1-60-34-61(2)39-75(38-60)71-23-32-97-89(52-71)83-16-10-13-19-95(83)125(97)101-48-69(58-123)49-102(105(101)86-29-25-79(107(111,112)113)56-91(86)109(117,118)119)126-96-31-20-67(47-88(96)90-53-72(24-33-98(90)126)76-40-62(3)35-63(4)41-76)45-68-37-66(7)44-78(46-68)74-22-28-85-82-15-9-12-18-94(82)128(100(85)55-74)104-51-70(59-124)50-103(106(104)87-30-26-80(108(114,115)116)57-92(87)110(120,121)122)127-93-17-11-8-14-81(93)84-27-21-73(54-99(84)127)77-42-64(5)36-65(6)43-77/h8-44,46-57H,45H2,1-7H3. The summed E-state index contributed by atoms with van der Waals surface area (Å²) in [5.41, 5.74) is 12.1. The number of para-hydroxylation sites is 3. The highest BCUT2D eigenvalue weighted by Gasteiger charge is 2.43. The highest BCUT2D eigenvalue weighted by molar-refractivity contribution is 6.16. The summed E-state index contributed by atoms with van der Waals surface area (Å²) < 4.78 is 195. The van der Waals surface area contributed by atoms with E-state index in [0.717, 1.165) is 123 Å². The van der Waals surface area contributed by atoms with Crippen LogP contribution in [0.1, 0.15) is 83.5 Å². The van der Waals surface area contributed by atoms with E-state index in [1.54, 1.807) is 36.5 Å². The molecule has 0 aliphatic carbocycles. The van der Waals surface area contributed by atoms with Crippen LogP contribution in [0.4, 0.5) is 52.7 Å². The number of hydrogen-bond donors (Lipinski definition) is 0. The van der Waals surface area contributed by atoms with Crippen molar-refractivity contribution in [3.63, 3.8) is 0 Å². The maximum Gasteiger partial charge on any atom is 0.417 e. The molecule has 0 aliphatic rings. The molecular formula is C110H72F12N6. The van der Waals surface area contributed by atoms with Crippen LogP contribution in [0.3, 0.4) is 0 Å². The van der Waals surface area contributed by atoms with Crippen molar-refractivity contribution < 1.29 is 52.7 Å². The van der Waals surface area contributed by atoms with Gasteiger partial charge in [0, 0.05) is 54.2 Å². The zero-order valence-electron chi connectivity index (χ0n) is 69.7. The first-order valence-electron chi connectivity index (χ1n) is 41.5. The van der Waals surface area contributed by atoms with Crippen molar-refractivity contribution in [2.24, 2.45) is 0 Å².